The van der Waals surface area contributed by atoms with Gasteiger partial charge in [0.25, 0.3) is 0 Å². The van der Waals surface area contributed by atoms with E-state index in [4.69, 9.17) is 0 Å². The van der Waals surface area contributed by atoms with E-state index in [1.165, 1.54) is 24.3 Å². The molecule has 0 saturated heterocycles. The van der Waals surface area contributed by atoms with Crippen LogP contribution in [0.3, 0.4) is 0 Å². The minimum atomic E-state index is -3.65. The highest BCUT2D eigenvalue weighted by molar-refractivity contribution is 14.2. The molecule has 0 N–H and O–H groups in total. The highest BCUT2D eigenvalue weighted by atomic mass is 127. The molecule has 0 heterocycles. The lowest BCUT2D eigenvalue weighted by atomic mass is 10.4. The number of hydrogen-bond acceptors (Lipinski definition) is 4. The third-order valence-corrected chi connectivity index (χ3v) is 5.97. The Bertz CT molecular complexity index is 374. The molecule has 0 aromatic heterocycles. The smallest absolute Gasteiger partial charge is 0.230 e. The average Bonchev–Trinajstić information content (AvgIpc) is 2.04. The molecule has 6 heteroatoms. The van der Waals surface area contributed by atoms with Crippen LogP contribution in [0.25, 0.3) is 0 Å². The summed E-state index contributed by atoms with van der Waals surface area (Å²) in [6.45, 7) is 0. The van der Waals surface area contributed by atoms with E-state index in [1.807, 2.05) is 0 Å². The predicted molar refractivity (Wildman–Crippen MR) is 54.6 cm³/mol. The molecular formula is C6H4I2O4. The number of rotatable bonds is 2. The SMILES string of the molecule is O=I(=O)c1ccccc1I(=O)=O. The van der Waals surface area contributed by atoms with E-state index in [-0.39, 0.29) is 7.14 Å². The molecule has 0 unspecified atom stereocenters. The van der Waals surface area contributed by atoms with E-state index >= 15 is 0 Å². The molecule has 0 atom stereocenters. The molecule has 0 aliphatic carbocycles. The van der Waals surface area contributed by atoms with Gasteiger partial charge in [0.2, 0.25) is 0 Å². The number of benzene rings is 1. The molecule has 4 nitrogen and oxygen atoms in total. The standard InChI is InChI=1S/C6H4I2O4/c9-7(10)5-3-1-2-4-6(5)8(11)12/h1-4H. The molecule has 0 aliphatic rings. The van der Waals surface area contributed by atoms with E-state index in [1.54, 1.807) is 0 Å². The summed E-state index contributed by atoms with van der Waals surface area (Å²) in [7, 11) is 0. The van der Waals surface area contributed by atoms with E-state index in [9.17, 15) is 12.3 Å². The van der Waals surface area contributed by atoms with Gasteiger partial charge in [-0.3, -0.25) is 0 Å². The van der Waals surface area contributed by atoms with Gasteiger partial charge in [0.1, 0.15) is 0 Å². The minimum absolute atomic E-state index is 0.0168. The van der Waals surface area contributed by atoms with Crippen molar-refractivity contribution in [3.63, 3.8) is 0 Å². The summed E-state index contributed by atoms with van der Waals surface area (Å²) >= 11 is -7.29. The summed E-state index contributed by atoms with van der Waals surface area (Å²) in [6.07, 6.45) is 0. The summed E-state index contributed by atoms with van der Waals surface area (Å²) in [5.41, 5.74) is 0. The highest BCUT2D eigenvalue weighted by Gasteiger charge is 2.09. The van der Waals surface area contributed by atoms with Crippen LogP contribution in [0.4, 0.5) is 0 Å². The maximum absolute atomic E-state index is 10.6. The summed E-state index contributed by atoms with van der Waals surface area (Å²) < 4.78 is 42.4. The van der Waals surface area contributed by atoms with E-state index in [0.29, 0.717) is 0 Å². The molecule has 0 bridgehead atoms. The van der Waals surface area contributed by atoms with Gasteiger partial charge in [-0.2, -0.15) is 0 Å². The van der Waals surface area contributed by atoms with Crippen LogP contribution in [-0.4, -0.2) is 0 Å². The van der Waals surface area contributed by atoms with Crippen LogP contribution in [-0.2, 0) is 12.3 Å². The van der Waals surface area contributed by atoms with Gasteiger partial charge in [0, 0.05) is 0 Å². The van der Waals surface area contributed by atoms with Crippen molar-refractivity contribution in [3.8, 4) is 0 Å². The first-order valence-corrected chi connectivity index (χ1v) is 8.50. The van der Waals surface area contributed by atoms with Crippen LogP contribution in [0.2, 0.25) is 0 Å². The normalized spacial score (nSPS) is 10.8. The highest BCUT2D eigenvalue weighted by Crippen LogP contribution is 2.28. The first-order chi connectivity index (χ1) is 5.63. The Kier molecular flexibility index (Phi) is 3.50. The van der Waals surface area contributed by atoms with Gasteiger partial charge in [-0.05, 0) is 12.1 Å². The van der Waals surface area contributed by atoms with Gasteiger partial charge >= 0.3 is 39.6 Å². The van der Waals surface area contributed by atoms with Gasteiger partial charge in [0.15, 0.2) is 0 Å². The van der Waals surface area contributed by atoms with Crippen LogP contribution in [0.15, 0.2) is 24.3 Å². The van der Waals surface area contributed by atoms with E-state index in [2.05, 4.69) is 0 Å². The van der Waals surface area contributed by atoms with Gasteiger partial charge < -0.3 is 0 Å². The van der Waals surface area contributed by atoms with Gasteiger partial charge in [-0.25, -0.2) is 12.3 Å². The lowest BCUT2D eigenvalue weighted by Gasteiger charge is -1.89. The monoisotopic (exact) mass is 394 g/mol. The molecule has 66 valence electrons. The lowest BCUT2D eigenvalue weighted by Crippen LogP contribution is -1.79. The summed E-state index contributed by atoms with van der Waals surface area (Å²) in [5, 5.41) is 0. The topological polar surface area (TPSA) is 68.3 Å². The molecule has 1 aromatic rings. The average molecular weight is 394 g/mol. The van der Waals surface area contributed by atoms with E-state index in [0.717, 1.165) is 0 Å². The summed E-state index contributed by atoms with van der Waals surface area (Å²) in [6, 6.07) is 5.67. The number of hydrogen-bond donors (Lipinski definition) is 0. The van der Waals surface area contributed by atoms with Crippen molar-refractivity contribution in [1.29, 1.82) is 0 Å². The summed E-state index contributed by atoms with van der Waals surface area (Å²) in [5.74, 6) is 0. The van der Waals surface area contributed by atoms with E-state index < -0.39 is 39.6 Å². The van der Waals surface area contributed by atoms with Crippen molar-refractivity contribution in [2.45, 2.75) is 0 Å². The van der Waals surface area contributed by atoms with Crippen LogP contribution >= 0.6 is 39.6 Å². The third kappa shape index (κ3) is 2.19. The van der Waals surface area contributed by atoms with Crippen molar-refractivity contribution >= 4 is 39.6 Å². The quantitative estimate of drug-likeness (QED) is 0.723. The molecular weight excluding hydrogens is 390 g/mol. The maximum atomic E-state index is 10.6. The maximum Gasteiger partial charge on any atom is 0.342 e. The van der Waals surface area contributed by atoms with Crippen molar-refractivity contribution in [2.75, 3.05) is 0 Å². The van der Waals surface area contributed by atoms with Crippen molar-refractivity contribution in [1.82, 2.24) is 0 Å². The lowest BCUT2D eigenvalue weighted by molar-refractivity contribution is 0.607. The first-order valence-electron chi connectivity index (χ1n) is 2.82. The van der Waals surface area contributed by atoms with Crippen LogP contribution in [0.1, 0.15) is 0 Å². The molecule has 1 aromatic carbocycles. The Labute approximate surface area is 82.7 Å². The fraction of sp³-hybridized carbons (Fsp3) is 0. The third-order valence-electron chi connectivity index (χ3n) is 1.16. The Morgan fingerprint density at radius 2 is 1.08 bits per heavy atom. The fourth-order valence-corrected chi connectivity index (χ4v) is 5.13. The zero-order valence-electron chi connectivity index (χ0n) is 5.70. The Balaban J connectivity index is 3.47. The Hall–Kier alpha value is -0.120. The van der Waals surface area contributed by atoms with Crippen LogP contribution in [0, 0.1) is 7.14 Å². The predicted octanol–water partition coefficient (Wildman–Crippen LogP) is 2.42. The van der Waals surface area contributed by atoms with Crippen LogP contribution in [0.5, 0.6) is 0 Å². The van der Waals surface area contributed by atoms with Crippen LogP contribution < -0.4 is 0 Å². The second-order valence-electron chi connectivity index (χ2n) is 1.85. The first kappa shape index (κ1) is 9.96. The molecule has 0 saturated carbocycles. The molecule has 0 aliphatic heterocycles. The fourth-order valence-electron chi connectivity index (χ4n) is 0.690. The number of halogens is 2. The molecule has 0 radical (unpaired) electrons. The second kappa shape index (κ2) is 4.21. The molecule has 0 spiro atoms. The molecule has 0 fully saturated rings. The largest absolute Gasteiger partial charge is 0.342 e. The molecule has 12 heavy (non-hydrogen) atoms. The molecule has 1 rings (SSSR count). The van der Waals surface area contributed by atoms with Gasteiger partial charge in [-0.15, -0.1) is 0 Å². The van der Waals surface area contributed by atoms with Gasteiger partial charge in [-0.1, -0.05) is 12.1 Å². The molecule has 0 amide bonds. The zero-order valence-corrected chi connectivity index (χ0v) is 10.0. The minimum Gasteiger partial charge on any atom is -0.230 e. The zero-order chi connectivity index (χ0) is 9.14. The Morgan fingerprint density at radius 1 is 0.750 bits per heavy atom. The van der Waals surface area contributed by atoms with Crippen molar-refractivity contribution in [3.05, 3.63) is 31.4 Å². The van der Waals surface area contributed by atoms with Crippen molar-refractivity contribution < 1.29 is 12.3 Å². The second-order valence-corrected chi connectivity index (χ2v) is 6.65. The summed E-state index contributed by atoms with van der Waals surface area (Å²) in [4.78, 5) is 0. The Morgan fingerprint density at radius 3 is 1.33 bits per heavy atom. The van der Waals surface area contributed by atoms with Gasteiger partial charge in [0.05, 0.1) is 7.14 Å². The van der Waals surface area contributed by atoms with Crippen molar-refractivity contribution in [2.24, 2.45) is 0 Å².